The van der Waals surface area contributed by atoms with Gasteiger partial charge in [0.1, 0.15) is 11.5 Å². The van der Waals surface area contributed by atoms with Crippen molar-refractivity contribution < 1.29 is 19.4 Å². The van der Waals surface area contributed by atoms with Crippen LogP contribution in [0.5, 0.6) is 5.75 Å². The van der Waals surface area contributed by atoms with E-state index in [9.17, 15) is 14.7 Å². The van der Waals surface area contributed by atoms with E-state index in [4.69, 9.17) is 4.74 Å². The number of amides is 1. The first-order valence-corrected chi connectivity index (χ1v) is 8.91. The van der Waals surface area contributed by atoms with E-state index in [2.05, 4.69) is 4.98 Å². The Bertz CT molecular complexity index is 909. The first kappa shape index (κ1) is 19.6. The molecule has 7 nitrogen and oxygen atoms in total. The average molecular weight is 381 g/mol. The zero-order chi connectivity index (χ0) is 20.3. The molecule has 2 heterocycles. The van der Waals surface area contributed by atoms with E-state index in [0.29, 0.717) is 30.0 Å². The fraction of sp³-hybridized carbons (Fsp3) is 0.286. The number of benzene rings is 1. The predicted octanol–water partition coefficient (Wildman–Crippen LogP) is 2.07. The summed E-state index contributed by atoms with van der Waals surface area (Å²) in [4.78, 5) is 33.0. The van der Waals surface area contributed by atoms with Crippen molar-refractivity contribution in [2.75, 3.05) is 34.3 Å². The Morgan fingerprint density at radius 3 is 2.57 bits per heavy atom. The SMILES string of the molecule is COc1cccc(C2/C(=C(\O)c3ccncc3)C(=O)C(=O)N2CCN(C)C)c1. The number of likely N-dealkylation sites (tertiary alicyclic amines) is 1. The molecule has 1 aliphatic heterocycles. The highest BCUT2D eigenvalue weighted by atomic mass is 16.5. The topological polar surface area (TPSA) is 83.0 Å². The van der Waals surface area contributed by atoms with Crippen LogP contribution in [0.25, 0.3) is 5.76 Å². The molecule has 1 N–H and O–H groups in total. The van der Waals surface area contributed by atoms with Gasteiger partial charge in [0, 0.05) is 31.0 Å². The van der Waals surface area contributed by atoms with Gasteiger partial charge >= 0.3 is 0 Å². The van der Waals surface area contributed by atoms with Crippen molar-refractivity contribution in [3.63, 3.8) is 0 Å². The van der Waals surface area contributed by atoms with Crippen LogP contribution in [0.3, 0.4) is 0 Å². The van der Waals surface area contributed by atoms with Gasteiger partial charge in [0.05, 0.1) is 18.7 Å². The summed E-state index contributed by atoms with van der Waals surface area (Å²) in [6.07, 6.45) is 3.05. The number of likely N-dealkylation sites (N-methyl/N-ethyl adjacent to an activating group) is 1. The quantitative estimate of drug-likeness (QED) is 0.469. The molecule has 1 unspecified atom stereocenters. The first-order valence-electron chi connectivity index (χ1n) is 8.91. The minimum Gasteiger partial charge on any atom is -0.507 e. The molecule has 1 saturated heterocycles. The van der Waals surface area contributed by atoms with Gasteiger partial charge in [0.2, 0.25) is 0 Å². The van der Waals surface area contributed by atoms with E-state index in [1.807, 2.05) is 25.1 Å². The number of pyridine rings is 1. The summed E-state index contributed by atoms with van der Waals surface area (Å²) in [5.41, 5.74) is 1.21. The summed E-state index contributed by atoms with van der Waals surface area (Å²) in [6, 6.07) is 9.70. The van der Waals surface area contributed by atoms with Crippen LogP contribution in [0.2, 0.25) is 0 Å². The molecule has 1 atom stereocenters. The molecule has 146 valence electrons. The van der Waals surface area contributed by atoms with Crippen molar-refractivity contribution >= 4 is 17.4 Å². The van der Waals surface area contributed by atoms with Crippen molar-refractivity contribution in [2.45, 2.75) is 6.04 Å². The molecule has 1 aromatic heterocycles. The van der Waals surface area contributed by atoms with E-state index >= 15 is 0 Å². The van der Waals surface area contributed by atoms with Crippen LogP contribution in [0.4, 0.5) is 0 Å². The summed E-state index contributed by atoms with van der Waals surface area (Å²) < 4.78 is 5.30. The number of ketones is 1. The zero-order valence-corrected chi connectivity index (χ0v) is 16.1. The molecule has 1 aromatic carbocycles. The molecule has 7 heteroatoms. The Morgan fingerprint density at radius 1 is 1.21 bits per heavy atom. The van der Waals surface area contributed by atoms with Crippen molar-refractivity contribution in [3.05, 3.63) is 65.5 Å². The number of nitrogens with zero attached hydrogens (tertiary/aromatic N) is 3. The fourth-order valence-electron chi connectivity index (χ4n) is 3.24. The molecule has 28 heavy (non-hydrogen) atoms. The lowest BCUT2D eigenvalue weighted by molar-refractivity contribution is -0.140. The second-order valence-electron chi connectivity index (χ2n) is 6.81. The molecule has 1 aliphatic rings. The van der Waals surface area contributed by atoms with Crippen molar-refractivity contribution in [3.8, 4) is 5.75 Å². The second kappa shape index (κ2) is 8.22. The number of hydrogen-bond donors (Lipinski definition) is 1. The third kappa shape index (κ3) is 3.75. The number of methoxy groups -OCH3 is 1. The summed E-state index contributed by atoms with van der Waals surface area (Å²) in [5.74, 6) is -0.910. The smallest absolute Gasteiger partial charge is 0.295 e. The zero-order valence-electron chi connectivity index (χ0n) is 16.1. The number of hydrogen-bond acceptors (Lipinski definition) is 6. The van der Waals surface area contributed by atoms with Crippen LogP contribution in [-0.4, -0.2) is 65.9 Å². The third-order valence-electron chi connectivity index (χ3n) is 4.69. The summed E-state index contributed by atoms with van der Waals surface area (Å²) in [5, 5.41) is 10.9. The maximum absolute atomic E-state index is 12.8. The Labute approximate surface area is 163 Å². The molecule has 0 aliphatic carbocycles. The average Bonchev–Trinajstić information content (AvgIpc) is 2.97. The van der Waals surface area contributed by atoms with Crippen molar-refractivity contribution in [1.82, 2.24) is 14.8 Å². The largest absolute Gasteiger partial charge is 0.507 e. The second-order valence-corrected chi connectivity index (χ2v) is 6.81. The molecule has 0 spiro atoms. The van der Waals surface area contributed by atoms with E-state index in [1.165, 1.54) is 17.3 Å². The molecule has 3 rings (SSSR count). The number of carbonyl (C=O) groups is 2. The van der Waals surface area contributed by atoms with Crippen LogP contribution in [0, 0.1) is 0 Å². The van der Waals surface area contributed by atoms with Crippen molar-refractivity contribution in [2.24, 2.45) is 0 Å². The highest BCUT2D eigenvalue weighted by Gasteiger charge is 2.45. The number of aliphatic hydroxyl groups is 1. The van der Waals surface area contributed by atoms with Crippen LogP contribution < -0.4 is 4.74 Å². The Balaban J connectivity index is 2.15. The minimum atomic E-state index is -0.694. The Morgan fingerprint density at radius 2 is 1.93 bits per heavy atom. The highest BCUT2D eigenvalue weighted by Crippen LogP contribution is 2.39. The first-order chi connectivity index (χ1) is 13.4. The van der Waals surface area contributed by atoms with E-state index in [0.717, 1.165) is 0 Å². The van der Waals surface area contributed by atoms with Gasteiger partial charge in [-0.15, -0.1) is 0 Å². The van der Waals surface area contributed by atoms with Crippen LogP contribution in [-0.2, 0) is 9.59 Å². The Kier molecular flexibility index (Phi) is 5.75. The maximum Gasteiger partial charge on any atom is 0.295 e. The lowest BCUT2D eigenvalue weighted by atomic mass is 9.95. The summed E-state index contributed by atoms with van der Waals surface area (Å²) in [6.45, 7) is 0.940. The number of Topliss-reactive ketones (excluding diaryl/α,β-unsaturated/α-hetero) is 1. The number of aliphatic hydroxyl groups excluding tert-OH is 1. The molecule has 2 aromatic rings. The van der Waals surface area contributed by atoms with Gasteiger partial charge < -0.3 is 19.6 Å². The lowest BCUT2D eigenvalue weighted by Gasteiger charge is -2.26. The number of carbonyl (C=O) groups excluding carboxylic acids is 2. The lowest BCUT2D eigenvalue weighted by Crippen LogP contribution is -2.35. The van der Waals surface area contributed by atoms with Gasteiger partial charge in [-0.25, -0.2) is 0 Å². The van der Waals surface area contributed by atoms with Crippen LogP contribution in [0.1, 0.15) is 17.2 Å². The van der Waals surface area contributed by atoms with Crippen LogP contribution >= 0.6 is 0 Å². The standard InChI is InChI=1S/C21H23N3O4/c1-23(2)11-12-24-18(15-5-4-6-16(13-15)28-3)17(20(26)21(24)27)19(25)14-7-9-22-10-8-14/h4-10,13,18,25H,11-12H2,1-3H3/b19-17+. The predicted molar refractivity (Wildman–Crippen MR) is 105 cm³/mol. The molecule has 0 radical (unpaired) electrons. The number of ether oxygens (including phenoxy) is 1. The van der Waals surface area contributed by atoms with Gasteiger partial charge in [-0.05, 0) is 43.9 Å². The molecular formula is C21H23N3O4. The molecule has 0 saturated carbocycles. The normalized spacial score (nSPS) is 18.7. The number of rotatable bonds is 6. The highest BCUT2D eigenvalue weighted by molar-refractivity contribution is 6.46. The van der Waals surface area contributed by atoms with E-state index in [1.54, 1.807) is 37.4 Å². The monoisotopic (exact) mass is 381 g/mol. The van der Waals surface area contributed by atoms with Crippen molar-refractivity contribution in [1.29, 1.82) is 0 Å². The minimum absolute atomic E-state index is 0.0724. The summed E-state index contributed by atoms with van der Waals surface area (Å²) in [7, 11) is 5.35. The van der Waals surface area contributed by atoms with Gasteiger partial charge in [-0.1, -0.05) is 12.1 Å². The molecular weight excluding hydrogens is 358 g/mol. The van der Waals surface area contributed by atoms with E-state index in [-0.39, 0.29) is 11.3 Å². The van der Waals surface area contributed by atoms with E-state index < -0.39 is 17.7 Å². The van der Waals surface area contributed by atoms with Crippen LogP contribution in [0.15, 0.2) is 54.4 Å². The molecule has 1 fully saturated rings. The van der Waals surface area contributed by atoms with Gasteiger partial charge in [-0.2, -0.15) is 0 Å². The fourth-order valence-corrected chi connectivity index (χ4v) is 3.24. The number of aromatic nitrogens is 1. The van der Waals surface area contributed by atoms with Gasteiger partial charge in [0.15, 0.2) is 0 Å². The van der Waals surface area contributed by atoms with Gasteiger partial charge in [-0.3, -0.25) is 14.6 Å². The summed E-state index contributed by atoms with van der Waals surface area (Å²) >= 11 is 0. The Hall–Kier alpha value is -3.19. The van der Waals surface area contributed by atoms with Gasteiger partial charge in [0.25, 0.3) is 11.7 Å². The molecule has 1 amide bonds. The third-order valence-corrected chi connectivity index (χ3v) is 4.69. The maximum atomic E-state index is 12.8. The molecule has 0 bridgehead atoms.